The highest BCUT2D eigenvalue weighted by atomic mass is 19.1. The molecule has 2 radical (unpaired) electrons. The average molecular weight is 202 g/mol. The third kappa shape index (κ3) is 1.64. The van der Waals surface area contributed by atoms with Crippen LogP contribution in [0, 0.1) is 17.7 Å². The van der Waals surface area contributed by atoms with Crippen LogP contribution in [-0.2, 0) is 0 Å². The Morgan fingerprint density at radius 3 is 2.60 bits per heavy atom. The summed E-state index contributed by atoms with van der Waals surface area (Å²) < 4.78 is 19.0. The van der Waals surface area contributed by atoms with Crippen LogP contribution in [0.4, 0.5) is 4.39 Å². The number of hydrogen-bond donors (Lipinski definition) is 0. The van der Waals surface area contributed by atoms with Crippen LogP contribution >= 0.6 is 0 Å². The minimum atomic E-state index is -0.351. The first-order valence-electron chi connectivity index (χ1n) is 5.44. The molecule has 2 unspecified atom stereocenters. The molecule has 2 aliphatic carbocycles. The van der Waals surface area contributed by atoms with Gasteiger partial charge in [0.05, 0.1) is 6.10 Å². The van der Waals surface area contributed by atoms with Crippen molar-refractivity contribution in [3.63, 3.8) is 0 Å². The van der Waals surface area contributed by atoms with Crippen molar-refractivity contribution in [2.24, 2.45) is 11.8 Å². The van der Waals surface area contributed by atoms with E-state index >= 15 is 0 Å². The highest BCUT2D eigenvalue weighted by molar-refractivity contribution is 6.34. The van der Waals surface area contributed by atoms with Crippen molar-refractivity contribution in [3.05, 3.63) is 24.0 Å². The van der Waals surface area contributed by atoms with E-state index in [2.05, 4.69) is 0 Å². The molecule has 0 aromatic heterocycles. The molecule has 2 fully saturated rings. The zero-order valence-corrected chi connectivity index (χ0v) is 8.45. The predicted molar refractivity (Wildman–Crippen MR) is 57.0 cm³/mol. The van der Waals surface area contributed by atoms with Gasteiger partial charge in [0, 0.05) is 0 Å². The Hall–Kier alpha value is -0.985. The van der Waals surface area contributed by atoms with Gasteiger partial charge in [-0.15, -0.1) is 0 Å². The fourth-order valence-corrected chi connectivity index (χ4v) is 2.57. The fourth-order valence-electron chi connectivity index (χ4n) is 2.57. The minimum Gasteiger partial charge on any atom is -0.488 e. The van der Waals surface area contributed by atoms with Crippen LogP contribution in [0.3, 0.4) is 0 Å². The van der Waals surface area contributed by atoms with Gasteiger partial charge in [-0.1, -0.05) is 17.6 Å². The van der Waals surface area contributed by atoms with Crippen LogP contribution in [0.2, 0.25) is 0 Å². The lowest BCUT2D eigenvalue weighted by molar-refractivity contribution is 0.188. The van der Waals surface area contributed by atoms with Crippen molar-refractivity contribution < 1.29 is 9.13 Å². The van der Waals surface area contributed by atoms with Crippen molar-refractivity contribution in [2.45, 2.75) is 25.4 Å². The van der Waals surface area contributed by atoms with Crippen molar-refractivity contribution in [3.8, 4) is 5.75 Å². The van der Waals surface area contributed by atoms with Gasteiger partial charge in [0.1, 0.15) is 13.6 Å². The van der Waals surface area contributed by atoms with E-state index in [0.29, 0.717) is 5.46 Å². The Labute approximate surface area is 90.0 Å². The van der Waals surface area contributed by atoms with E-state index in [1.54, 1.807) is 12.1 Å². The molecule has 15 heavy (non-hydrogen) atoms. The van der Waals surface area contributed by atoms with E-state index in [4.69, 9.17) is 12.6 Å². The van der Waals surface area contributed by atoms with Crippen molar-refractivity contribution >= 4 is 13.3 Å². The van der Waals surface area contributed by atoms with Crippen LogP contribution in [0.15, 0.2) is 18.2 Å². The minimum absolute atomic E-state index is 0.174. The van der Waals surface area contributed by atoms with Gasteiger partial charge in [0.2, 0.25) is 0 Å². The van der Waals surface area contributed by atoms with E-state index in [-0.39, 0.29) is 17.7 Å². The van der Waals surface area contributed by atoms with Crippen molar-refractivity contribution in [1.29, 1.82) is 0 Å². The molecule has 0 N–H and O–H groups in total. The molecule has 0 aliphatic heterocycles. The summed E-state index contributed by atoms with van der Waals surface area (Å²) >= 11 is 0. The van der Waals surface area contributed by atoms with Gasteiger partial charge in [-0.2, -0.15) is 0 Å². The lowest BCUT2D eigenvalue weighted by atomic mass is 9.95. The Balaban J connectivity index is 1.76. The molecule has 0 bridgehead atoms. The largest absolute Gasteiger partial charge is 0.488 e. The second-order valence-electron chi connectivity index (χ2n) is 4.63. The third-order valence-electron chi connectivity index (χ3n) is 3.48. The van der Waals surface area contributed by atoms with Gasteiger partial charge < -0.3 is 4.74 Å². The molecular formula is C12H12BFO. The van der Waals surface area contributed by atoms with Gasteiger partial charge in [-0.05, 0) is 37.2 Å². The predicted octanol–water partition coefficient (Wildman–Crippen LogP) is 1.80. The Morgan fingerprint density at radius 1 is 1.20 bits per heavy atom. The highest BCUT2D eigenvalue weighted by Gasteiger charge is 2.47. The van der Waals surface area contributed by atoms with E-state index in [1.807, 2.05) is 0 Å². The average Bonchev–Trinajstić information content (AvgIpc) is 2.81. The first-order chi connectivity index (χ1) is 7.24. The van der Waals surface area contributed by atoms with E-state index in [1.165, 1.54) is 12.5 Å². The number of hydrogen-bond acceptors (Lipinski definition) is 1. The third-order valence-corrected chi connectivity index (χ3v) is 3.48. The van der Waals surface area contributed by atoms with Gasteiger partial charge in [-0.3, -0.25) is 0 Å². The molecule has 2 aliphatic rings. The summed E-state index contributed by atoms with van der Waals surface area (Å²) in [5.74, 6) is 1.56. The Morgan fingerprint density at radius 2 is 1.93 bits per heavy atom. The first kappa shape index (κ1) is 9.26. The summed E-state index contributed by atoms with van der Waals surface area (Å²) in [7, 11) is 5.68. The molecule has 1 aromatic rings. The summed E-state index contributed by atoms with van der Waals surface area (Å²) in [5.41, 5.74) is 0.399. The molecular weight excluding hydrogens is 190 g/mol. The Bertz CT molecular complexity index is 363. The summed E-state index contributed by atoms with van der Waals surface area (Å²) in [6.45, 7) is 0. The summed E-state index contributed by atoms with van der Waals surface area (Å²) in [4.78, 5) is 0. The summed E-state index contributed by atoms with van der Waals surface area (Å²) in [6.07, 6.45) is 3.65. The monoisotopic (exact) mass is 202 g/mol. The van der Waals surface area contributed by atoms with Crippen LogP contribution in [0.1, 0.15) is 19.3 Å². The van der Waals surface area contributed by atoms with Crippen LogP contribution < -0.4 is 10.2 Å². The molecule has 0 heterocycles. The number of fused-ring (bicyclic) bond motifs is 1. The topological polar surface area (TPSA) is 9.23 Å². The van der Waals surface area contributed by atoms with Gasteiger partial charge in [-0.25, -0.2) is 4.39 Å². The highest BCUT2D eigenvalue weighted by Crippen LogP contribution is 2.52. The SMILES string of the molecule is [B]c1cccc(F)c1OC1CC2C[C@H]2C1. The number of halogens is 1. The molecule has 1 nitrogen and oxygen atoms in total. The van der Waals surface area contributed by atoms with Gasteiger partial charge >= 0.3 is 0 Å². The molecule has 3 heteroatoms. The van der Waals surface area contributed by atoms with Crippen LogP contribution in [0.25, 0.3) is 0 Å². The molecule has 2 saturated carbocycles. The maximum atomic E-state index is 13.4. The Kier molecular flexibility index (Phi) is 2.01. The second kappa shape index (κ2) is 3.26. The van der Waals surface area contributed by atoms with E-state index < -0.39 is 0 Å². The lowest BCUT2D eigenvalue weighted by Gasteiger charge is -2.17. The van der Waals surface area contributed by atoms with Crippen LogP contribution in [-0.4, -0.2) is 14.0 Å². The lowest BCUT2D eigenvalue weighted by Crippen LogP contribution is -2.20. The van der Waals surface area contributed by atoms with Gasteiger partial charge in [0.25, 0.3) is 0 Å². The van der Waals surface area contributed by atoms with Crippen molar-refractivity contribution in [2.75, 3.05) is 0 Å². The molecule has 0 amide bonds. The zero-order valence-electron chi connectivity index (χ0n) is 8.45. The first-order valence-corrected chi connectivity index (χ1v) is 5.44. The zero-order chi connectivity index (χ0) is 10.4. The standard InChI is InChI=1S/C12H12BFO/c13-10-2-1-3-11(14)12(10)15-9-5-7-4-8(7)6-9/h1-3,7-9H,4-6H2/t7-,8?,9?/m0/s1. The molecule has 76 valence electrons. The maximum Gasteiger partial charge on any atom is 0.164 e. The summed E-state index contributed by atoms with van der Waals surface area (Å²) in [6, 6.07) is 4.67. The number of para-hydroxylation sites is 1. The van der Waals surface area contributed by atoms with E-state index in [0.717, 1.165) is 24.7 Å². The number of ether oxygens (including phenoxy) is 1. The van der Waals surface area contributed by atoms with Crippen molar-refractivity contribution in [1.82, 2.24) is 0 Å². The summed E-state index contributed by atoms with van der Waals surface area (Å²) in [5, 5.41) is 0. The normalized spacial score (nSPS) is 32.5. The fraction of sp³-hybridized carbons (Fsp3) is 0.500. The molecule has 0 spiro atoms. The number of benzene rings is 1. The van der Waals surface area contributed by atoms with Crippen LogP contribution in [0.5, 0.6) is 5.75 Å². The quantitative estimate of drug-likeness (QED) is 0.664. The maximum absolute atomic E-state index is 13.4. The molecule has 3 rings (SSSR count). The van der Waals surface area contributed by atoms with E-state index in [9.17, 15) is 4.39 Å². The molecule has 0 saturated heterocycles. The second-order valence-corrected chi connectivity index (χ2v) is 4.63. The smallest absolute Gasteiger partial charge is 0.164 e. The molecule has 1 aromatic carbocycles. The molecule has 3 atom stereocenters. The van der Waals surface area contributed by atoms with Gasteiger partial charge in [0.15, 0.2) is 5.82 Å². The number of rotatable bonds is 2.